The minimum absolute atomic E-state index is 0.0190. The Morgan fingerprint density at radius 1 is 1.17 bits per heavy atom. The molecule has 0 saturated carbocycles. The number of carboxylic acid groups (broad SMARTS) is 1. The summed E-state index contributed by atoms with van der Waals surface area (Å²) in [6.07, 6.45) is 2.98. The number of carbonyl (C=O) groups is 2. The highest BCUT2D eigenvalue weighted by molar-refractivity contribution is 9.10. The maximum atomic E-state index is 11.9. The molecule has 0 aliphatic carbocycles. The van der Waals surface area contributed by atoms with Crippen LogP contribution >= 0.6 is 15.9 Å². The molecular formula is C17H14BrNO4. The van der Waals surface area contributed by atoms with Gasteiger partial charge in [0.2, 0.25) is 5.91 Å². The van der Waals surface area contributed by atoms with Crippen LogP contribution in [0.15, 0.2) is 53.0 Å². The van der Waals surface area contributed by atoms with E-state index in [9.17, 15) is 9.59 Å². The molecule has 5 nitrogen and oxygen atoms in total. The Morgan fingerprint density at radius 2 is 1.87 bits per heavy atom. The van der Waals surface area contributed by atoms with Crippen molar-refractivity contribution in [2.75, 3.05) is 12.4 Å². The maximum Gasteiger partial charge on any atom is 0.337 e. The fourth-order valence-corrected chi connectivity index (χ4v) is 2.22. The van der Waals surface area contributed by atoms with Crippen LogP contribution in [0.2, 0.25) is 0 Å². The Balaban J connectivity index is 2.10. The Bertz CT molecular complexity index is 754. The summed E-state index contributed by atoms with van der Waals surface area (Å²) in [6.45, 7) is 0. The van der Waals surface area contributed by atoms with Crippen LogP contribution in [0.3, 0.4) is 0 Å². The fourth-order valence-electron chi connectivity index (χ4n) is 1.86. The molecule has 0 aromatic heterocycles. The van der Waals surface area contributed by atoms with Crippen LogP contribution in [-0.2, 0) is 4.79 Å². The number of amides is 1. The fraction of sp³-hybridized carbons (Fsp3) is 0.0588. The molecule has 2 N–H and O–H groups in total. The van der Waals surface area contributed by atoms with Crippen molar-refractivity contribution in [2.24, 2.45) is 0 Å². The molecule has 1 amide bonds. The predicted octanol–water partition coefficient (Wildman–Crippen LogP) is 3.81. The first-order valence-electron chi connectivity index (χ1n) is 6.65. The molecule has 0 fully saturated rings. The van der Waals surface area contributed by atoms with Crippen molar-refractivity contribution in [3.63, 3.8) is 0 Å². The van der Waals surface area contributed by atoms with Crippen molar-refractivity contribution in [1.29, 1.82) is 0 Å². The van der Waals surface area contributed by atoms with Crippen LogP contribution in [0.1, 0.15) is 15.9 Å². The molecule has 2 rings (SSSR count). The summed E-state index contributed by atoms with van der Waals surface area (Å²) in [6, 6.07) is 11.8. The third-order valence-corrected chi connectivity index (χ3v) is 3.51. The lowest BCUT2D eigenvalue weighted by atomic mass is 10.1. The molecule has 0 unspecified atom stereocenters. The van der Waals surface area contributed by atoms with Crippen molar-refractivity contribution in [3.8, 4) is 5.75 Å². The van der Waals surface area contributed by atoms with Gasteiger partial charge in [-0.15, -0.1) is 0 Å². The zero-order chi connectivity index (χ0) is 16.8. The second-order valence-electron chi connectivity index (χ2n) is 4.59. The van der Waals surface area contributed by atoms with E-state index in [0.717, 1.165) is 11.3 Å². The van der Waals surface area contributed by atoms with Gasteiger partial charge in [0.25, 0.3) is 0 Å². The largest absolute Gasteiger partial charge is 0.497 e. The number of halogens is 1. The lowest BCUT2D eigenvalue weighted by Crippen LogP contribution is -2.12. The summed E-state index contributed by atoms with van der Waals surface area (Å²) >= 11 is 3.20. The number of ether oxygens (including phenoxy) is 1. The molecule has 0 saturated heterocycles. The topological polar surface area (TPSA) is 75.6 Å². The van der Waals surface area contributed by atoms with Crippen molar-refractivity contribution in [3.05, 3.63) is 64.1 Å². The zero-order valence-corrected chi connectivity index (χ0v) is 13.8. The minimum Gasteiger partial charge on any atom is -0.497 e. The number of hydrogen-bond acceptors (Lipinski definition) is 3. The van der Waals surface area contributed by atoms with Gasteiger partial charge in [0.1, 0.15) is 5.75 Å². The van der Waals surface area contributed by atoms with Gasteiger partial charge in [-0.3, -0.25) is 4.79 Å². The smallest absolute Gasteiger partial charge is 0.337 e. The standard InChI is InChI=1S/C17H14BrNO4/c1-23-13-6-2-11(3-7-13)4-9-16(20)19-15-8-5-12(18)10-14(15)17(21)22/h2-10H,1H3,(H,19,20)(H,21,22)/b9-4+. The second-order valence-corrected chi connectivity index (χ2v) is 5.51. The Hall–Kier alpha value is -2.60. The minimum atomic E-state index is -1.11. The quantitative estimate of drug-likeness (QED) is 0.779. The van der Waals surface area contributed by atoms with Gasteiger partial charge in [0, 0.05) is 10.5 Å². The van der Waals surface area contributed by atoms with E-state index >= 15 is 0 Å². The number of carboxylic acids is 1. The number of benzene rings is 2. The molecule has 2 aromatic carbocycles. The third kappa shape index (κ3) is 4.69. The summed E-state index contributed by atoms with van der Waals surface area (Å²) in [5.74, 6) is -0.793. The van der Waals surface area contributed by atoms with Gasteiger partial charge in [-0.25, -0.2) is 4.79 Å². The normalized spacial score (nSPS) is 10.5. The van der Waals surface area contributed by atoms with Crippen molar-refractivity contribution < 1.29 is 19.4 Å². The summed E-state index contributed by atoms with van der Waals surface area (Å²) in [5.41, 5.74) is 1.09. The lowest BCUT2D eigenvalue weighted by molar-refractivity contribution is -0.111. The number of carbonyl (C=O) groups excluding carboxylic acids is 1. The Labute approximate surface area is 141 Å². The van der Waals surface area contributed by atoms with Gasteiger partial charge >= 0.3 is 5.97 Å². The van der Waals surface area contributed by atoms with E-state index in [0.29, 0.717) is 4.47 Å². The van der Waals surface area contributed by atoms with Crippen molar-refractivity contribution in [1.82, 2.24) is 0 Å². The highest BCUT2D eigenvalue weighted by Gasteiger charge is 2.11. The predicted molar refractivity (Wildman–Crippen MR) is 91.8 cm³/mol. The first kappa shape index (κ1) is 16.8. The molecule has 0 aliphatic rings. The molecule has 0 heterocycles. The van der Waals surface area contributed by atoms with Gasteiger partial charge < -0.3 is 15.2 Å². The van der Waals surface area contributed by atoms with Gasteiger partial charge in [-0.2, -0.15) is 0 Å². The van der Waals surface area contributed by atoms with E-state index in [2.05, 4.69) is 21.2 Å². The van der Waals surface area contributed by atoms with E-state index in [1.165, 1.54) is 18.2 Å². The van der Waals surface area contributed by atoms with Crippen LogP contribution in [0.5, 0.6) is 5.75 Å². The van der Waals surface area contributed by atoms with E-state index in [1.807, 2.05) is 12.1 Å². The van der Waals surface area contributed by atoms with E-state index in [1.54, 1.807) is 31.4 Å². The molecule has 0 aliphatic heterocycles. The summed E-state index contributed by atoms with van der Waals surface area (Å²) in [4.78, 5) is 23.1. The number of hydrogen-bond donors (Lipinski definition) is 2. The molecule has 118 valence electrons. The van der Waals surface area contributed by atoms with Gasteiger partial charge in [0.05, 0.1) is 18.4 Å². The zero-order valence-electron chi connectivity index (χ0n) is 12.2. The highest BCUT2D eigenvalue weighted by atomic mass is 79.9. The maximum absolute atomic E-state index is 11.9. The molecule has 0 radical (unpaired) electrons. The second kappa shape index (κ2) is 7.60. The average molecular weight is 376 g/mol. The monoisotopic (exact) mass is 375 g/mol. The first-order valence-corrected chi connectivity index (χ1v) is 7.45. The molecule has 23 heavy (non-hydrogen) atoms. The number of anilines is 1. The molecule has 0 atom stereocenters. The van der Waals surface area contributed by atoms with Crippen LogP contribution in [0.25, 0.3) is 6.08 Å². The number of aromatic carboxylic acids is 1. The molecule has 0 bridgehead atoms. The SMILES string of the molecule is COc1ccc(/C=C/C(=O)Nc2ccc(Br)cc2C(=O)O)cc1. The van der Waals surface area contributed by atoms with Crippen molar-refractivity contribution >= 4 is 39.6 Å². The molecule has 6 heteroatoms. The van der Waals surface area contributed by atoms with E-state index < -0.39 is 11.9 Å². The molecular weight excluding hydrogens is 362 g/mol. The number of nitrogens with one attached hydrogen (secondary N) is 1. The first-order chi connectivity index (χ1) is 11.0. The van der Waals surface area contributed by atoms with Gasteiger partial charge in [0.15, 0.2) is 0 Å². The number of rotatable bonds is 5. The van der Waals surface area contributed by atoms with Crippen LogP contribution in [0.4, 0.5) is 5.69 Å². The molecule has 0 spiro atoms. The van der Waals surface area contributed by atoms with Crippen LogP contribution < -0.4 is 10.1 Å². The summed E-state index contributed by atoms with van der Waals surface area (Å²) in [7, 11) is 1.58. The Kier molecular flexibility index (Phi) is 5.54. The van der Waals surface area contributed by atoms with Gasteiger partial charge in [-0.05, 0) is 42.0 Å². The lowest BCUT2D eigenvalue weighted by Gasteiger charge is -2.07. The Morgan fingerprint density at radius 3 is 2.48 bits per heavy atom. The van der Waals surface area contributed by atoms with Crippen LogP contribution in [0, 0.1) is 0 Å². The van der Waals surface area contributed by atoms with Crippen molar-refractivity contribution in [2.45, 2.75) is 0 Å². The van der Waals surface area contributed by atoms with Crippen LogP contribution in [-0.4, -0.2) is 24.1 Å². The molecule has 2 aromatic rings. The summed E-state index contributed by atoms with van der Waals surface area (Å²) < 4.78 is 5.68. The average Bonchev–Trinajstić information content (AvgIpc) is 2.55. The number of methoxy groups -OCH3 is 1. The third-order valence-electron chi connectivity index (χ3n) is 3.01. The van der Waals surface area contributed by atoms with E-state index in [-0.39, 0.29) is 11.3 Å². The van der Waals surface area contributed by atoms with Gasteiger partial charge in [-0.1, -0.05) is 28.1 Å². The highest BCUT2D eigenvalue weighted by Crippen LogP contribution is 2.21. The summed E-state index contributed by atoms with van der Waals surface area (Å²) in [5, 5.41) is 11.7. The van der Waals surface area contributed by atoms with E-state index in [4.69, 9.17) is 9.84 Å².